The van der Waals surface area contributed by atoms with E-state index in [2.05, 4.69) is 6.07 Å². The lowest BCUT2D eigenvalue weighted by atomic mass is 9.62. The van der Waals surface area contributed by atoms with E-state index in [1.807, 2.05) is 24.3 Å². The van der Waals surface area contributed by atoms with E-state index in [1.54, 1.807) is 0 Å². The molecule has 0 radical (unpaired) electrons. The van der Waals surface area contributed by atoms with Crippen molar-refractivity contribution in [1.82, 2.24) is 0 Å². The van der Waals surface area contributed by atoms with E-state index >= 15 is 0 Å². The van der Waals surface area contributed by atoms with Crippen LogP contribution >= 0.6 is 0 Å². The normalized spacial score (nSPS) is 41.8. The standard InChI is InChI=1S/C17H19NO2/c18-10-16(17(19)8-12-5-6-14(17)7-12)9-13-3-1-2-4-15(13)20-11-16/h1-4,12,14,19H,5-9,11H2. The zero-order valence-electron chi connectivity index (χ0n) is 11.5. The van der Waals surface area contributed by atoms with Crippen LogP contribution in [0.3, 0.4) is 0 Å². The van der Waals surface area contributed by atoms with Gasteiger partial charge >= 0.3 is 0 Å². The van der Waals surface area contributed by atoms with Gasteiger partial charge in [-0.2, -0.15) is 5.26 Å². The Kier molecular flexibility index (Phi) is 2.44. The molecule has 3 nitrogen and oxygen atoms in total. The Hall–Kier alpha value is -1.53. The molecule has 2 bridgehead atoms. The summed E-state index contributed by atoms with van der Waals surface area (Å²) in [5, 5.41) is 21.1. The molecule has 1 N–H and O–H groups in total. The molecule has 4 rings (SSSR count). The van der Waals surface area contributed by atoms with Crippen molar-refractivity contribution in [2.75, 3.05) is 6.61 Å². The molecule has 0 amide bonds. The van der Waals surface area contributed by atoms with Gasteiger partial charge in [-0.25, -0.2) is 0 Å². The molecule has 3 heteroatoms. The Bertz CT molecular complexity index is 593. The third-order valence-corrected chi connectivity index (χ3v) is 5.80. The zero-order valence-corrected chi connectivity index (χ0v) is 11.5. The number of ether oxygens (including phenoxy) is 1. The van der Waals surface area contributed by atoms with Gasteiger partial charge in [0.2, 0.25) is 0 Å². The molecule has 1 aromatic carbocycles. The van der Waals surface area contributed by atoms with Crippen LogP contribution in [0.25, 0.3) is 0 Å². The zero-order chi connectivity index (χ0) is 13.8. The first kappa shape index (κ1) is 12.2. The minimum Gasteiger partial charge on any atom is -0.492 e. The van der Waals surface area contributed by atoms with Crippen molar-refractivity contribution in [3.8, 4) is 11.8 Å². The quantitative estimate of drug-likeness (QED) is 0.852. The van der Waals surface area contributed by atoms with Crippen LogP contribution in [0.5, 0.6) is 5.75 Å². The fourth-order valence-corrected chi connectivity index (χ4v) is 4.70. The van der Waals surface area contributed by atoms with E-state index in [4.69, 9.17) is 4.74 Å². The van der Waals surface area contributed by atoms with Gasteiger partial charge in [-0.15, -0.1) is 0 Å². The van der Waals surface area contributed by atoms with E-state index in [1.165, 1.54) is 6.42 Å². The van der Waals surface area contributed by atoms with Crippen LogP contribution in [0.1, 0.15) is 31.2 Å². The molecular weight excluding hydrogens is 250 g/mol. The van der Waals surface area contributed by atoms with Crippen LogP contribution in [0.4, 0.5) is 0 Å². The lowest BCUT2D eigenvalue weighted by molar-refractivity contribution is -0.116. The van der Waals surface area contributed by atoms with Gasteiger partial charge in [-0.05, 0) is 49.1 Å². The molecule has 2 saturated carbocycles. The third-order valence-electron chi connectivity index (χ3n) is 5.80. The number of nitriles is 1. The average molecular weight is 269 g/mol. The molecule has 1 aromatic rings. The molecule has 2 aliphatic carbocycles. The van der Waals surface area contributed by atoms with Gasteiger partial charge in [0, 0.05) is 6.42 Å². The summed E-state index contributed by atoms with van der Waals surface area (Å²) >= 11 is 0. The second-order valence-electron chi connectivity index (χ2n) is 6.77. The summed E-state index contributed by atoms with van der Waals surface area (Å²) in [5.74, 6) is 1.75. The summed E-state index contributed by atoms with van der Waals surface area (Å²) in [5.41, 5.74) is -0.587. The molecule has 3 aliphatic rings. The molecule has 1 aliphatic heterocycles. The minimum absolute atomic E-state index is 0.279. The van der Waals surface area contributed by atoms with Crippen LogP contribution in [0.15, 0.2) is 24.3 Å². The van der Waals surface area contributed by atoms with Crippen LogP contribution < -0.4 is 4.74 Å². The Morgan fingerprint density at radius 3 is 2.85 bits per heavy atom. The van der Waals surface area contributed by atoms with Crippen molar-refractivity contribution in [2.45, 2.75) is 37.7 Å². The predicted octanol–water partition coefficient (Wildman–Crippen LogP) is 2.68. The first-order valence-corrected chi connectivity index (χ1v) is 7.51. The molecule has 0 aromatic heterocycles. The SMILES string of the molecule is N#CC1(C2(O)CC3CCC2C3)COc2ccccc2C1. The maximum absolute atomic E-state index is 11.3. The van der Waals surface area contributed by atoms with Gasteiger partial charge in [0.15, 0.2) is 0 Å². The van der Waals surface area contributed by atoms with E-state index in [0.717, 1.165) is 30.6 Å². The maximum atomic E-state index is 11.3. The van der Waals surface area contributed by atoms with Crippen LogP contribution in [0, 0.1) is 28.6 Å². The number of rotatable bonds is 1. The van der Waals surface area contributed by atoms with E-state index in [9.17, 15) is 10.4 Å². The smallest absolute Gasteiger partial charge is 0.124 e. The van der Waals surface area contributed by atoms with Crippen molar-refractivity contribution in [3.05, 3.63) is 29.8 Å². The third kappa shape index (κ3) is 1.43. The van der Waals surface area contributed by atoms with Crippen molar-refractivity contribution in [2.24, 2.45) is 17.3 Å². The Balaban J connectivity index is 1.74. The first-order chi connectivity index (χ1) is 9.67. The predicted molar refractivity (Wildman–Crippen MR) is 74.1 cm³/mol. The highest BCUT2D eigenvalue weighted by molar-refractivity contribution is 5.39. The second kappa shape index (κ2) is 3.99. The monoisotopic (exact) mass is 269 g/mol. The van der Waals surface area contributed by atoms with E-state index in [-0.39, 0.29) is 5.92 Å². The van der Waals surface area contributed by atoms with Gasteiger partial charge in [-0.1, -0.05) is 18.2 Å². The number of fused-ring (bicyclic) bond motifs is 3. The molecular formula is C17H19NO2. The molecule has 104 valence electrons. The number of nitrogens with zero attached hydrogens (tertiary/aromatic N) is 1. The van der Waals surface area contributed by atoms with Gasteiger partial charge in [0.1, 0.15) is 17.8 Å². The number of para-hydroxylation sites is 1. The van der Waals surface area contributed by atoms with Crippen molar-refractivity contribution in [3.63, 3.8) is 0 Å². The fraction of sp³-hybridized carbons (Fsp3) is 0.588. The lowest BCUT2D eigenvalue weighted by Crippen LogP contribution is -2.56. The van der Waals surface area contributed by atoms with Crippen molar-refractivity contribution >= 4 is 0 Å². The van der Waals surface area contributed by atoms with Crippen molar-refractivity contribution < 1.29 is 9.84 Å². The summed E-state index contributed by atoms with van der Waals surface area (Å²) < 4.78 is 5.83. The Morgan fingerprint density at radius 1 is 1.30 bits per heavy atom. The number of benzene rings is 1. The minimum atomic E-state index is -0.863. The molecule has 2 fully saturated rings. The molecule has 4 atom stereocenters. The van der Waals surface area contributed by atoms with Crippen molar-refractivity contribution in [1.29, 1.82) is 5.26 Å². The molecule has 4 unspecified atom stereocenters. The summed E-state index contributed by atoms with van der Waals surface area (Å²) in [6.07, 6.45) is 4.75. The lowest BCUT2D eigenvalue weighted by Gasteiger charge is -2.47. The Labute approximate surface area is 119 Å². The van der Waals surface area contributed by atoms with Crippen LogP contribution in [-0.2, 0) is 6.42 Å². The fourth-order valence-electron chi connectivity index (χ4n) is 4.70. The summed E-state index contributed by atoms with van der Waals surface area (Å²) in [7, 11) is 0. The number of hydrogen-bond donors (Lipinski definition) is 1. The average Bonchev–Trinajstić information content (AvgIpc) is 3.07. The van der Waals surface area contributed by atoms with Crippen LogP contribution in [0.2, 0.25) is 0 Å². The van der Waals surface area contributed by atoms with Gasteiger partial charge in [0.05, 0.1) is 11.7 Å². The van der Waals surface area contributed by atoms with Gasteiger partial charge in [0.25, 0.3) is 0 Å². The van der Waals surface area contributed by atoms with E-state index in [0.29, 0.717) is 18.9 Å². The largest absolute Gasteiger partial charge is 0.492 e. The summed E-state index contributed by atoms with van der Waals surface area (Å²) in [6, 6.07) is 10.3. The van der Waals surface area contributed by atoms with Crippen LogP contribution in [-0.4, -0.2) is 17.3 Å². The van der Waals surface area contributed by atoms with Gasteiger partial charge < -0.3 is 9.84 Å². The molecule has 20 heavy (non-hydrogen) atoms. The highest BCUT2D eigenvalue weighted by Gasteiger charge is 2.63. The second-order valence-corrected chi connectivity index (χ2v) is 6.77. The molecule has 0 spiro atoms. The highest BCUT2D eigenvalue weighted by atomic mass is 16.5. The molecule has 0 saturated heterocycles. The maximum Gasteiger partial charge on any atom is 0.124 e. The number of hydrogen-bond acceptors (Lipinski definition) is 3. The first-order valence-electron chi connectivity index (χ1n) is 7.51. The van der Waals surface area contributed by atoms with E-state index < -0.39 is 11.0 Å². The Morgan fingerprint density at radius 2 is 2.15 bits per heavy atom. The highest BCUT2D eigenvalue weighted by Crippen LogP contribution is 2.59. The molecule has 1 heterocycles. The topological polar surface area (TPSA) is 53.2 Å². The van der Waals surface area contributed by atoms with Gasteiger partial charge in [-0.3, -0.25) is 0 Å². The summed E-state index contributed by atoms with van der Waals surface area (Å²) in [4.78, 5) is 0. The summed E-state index contributed by atoms with van der Waals surface area (Å²) in [6.45, 7) is 0.320. The number of aliphatic hydroxyl groups is 1.